The van der Waals surface area contributed by atoms with Gasteiger partial charge in [0, 0.05) is 32.2 Å². The molecule has 1 aliphatic rings. The number of ether oxygens (including phenoxy) is 1. The highest BCUT2D eigenvalue weighted by Gasteiger charge is 2.40. The van der Waals surface area contributed by atoms with Crippen molar-refractivity contribution in [1.82, 2.24) is 10.4 Å². The third-order valence-electron chi connectivity index (χ3n) is 6.78. The van der Waals surface area contributed by atoms with Gasteiger partial charge >= 0.3 is 12.0 Å². The number of hydrogen-bond donors (Lipinski definition) is 4. The highest BCUT2D eigenvalue weighted by molar-refractivity contribution is 6.19. The number of nitrogens with one attached hydrogen (secondary N) is 1. The predicted octanol–water partition coefficient (Wildman–Crippen LogP) is 3.35. The maximum Gasteiger partial charge on any atom is 0.365 e. The van der Waals surface area contributed by atoms with Crippen molar-refractivity contribution in [1.29, 1.82) is 0 Å². The number of unbranched alkanes of at least 4 members (excludes halogenated alkanes) is 4. The Bertz CT molecular complexity index is 1160. The first-order valence-electron chi connectivity index (χ1n) is 14.1. The molecule has 3 amide bonds. The fourth-order valence-corrected chi connectivity index (χ4v) is 4.61. The zero-order valence-electron chi connectivity index (χ0n) is 23.6. The number of aliphatic hydroxyl groups excluding tert-OH is 2. The van der Waals surface area contributed by atoms with Crippen LogP contribution in [0.3, 0.4) is 0 Å². The summed E-state index contributed by atoms with van der Waals surface area (Å²) in [6.45, 7) is 3.14. The number of anilines is 1. The molecule has 0 bridgehead atoms. The highest BCUT2D eigenvalue weighted by atomic mass is 16.7. The Kier molecular flexibility index (Phi) is 13.0. The van der Waals surface area contributed by atoms with Crippen LogP contribution >= 0.6 is 0 Å². The average Bonchev–Trinajstić information content (AvgIpc) is 3.22. The van der Waals surface area contributed by atoms with Crippen molar-refractivity contribution in [2.24, 2.45) is 0 Å². The van der Waals surface area contributed by atoms with Gasteiger partial charge in [0.1, 0.15) is 12.3 Å². The molecule has 0 aromatic heterocycles. The van der Waals surface area contributed by atoms with Crippen LogP contribution in [-0.4, -0.2) is 71.1 Å². The number of phenols is 1. The van der Waals surface area contributed by atoms with Gasteiger partial charge in [-0.1, -0.05) is 37.1 Å². The standard InChI is InChI=1S/C30H41N3O8/c1-22(35)41-32-20-29(38)33(30(32)39)26-12-5-4-10-23(26)11-6-9-17-40-16-8-3-2-7-15-31-19-28(37)24-13-14-27(36)25(18-24)21-34/h4-5,10,12-14,18,28,31,34,36-37H,2-3,6-9,11,15-17,19-21H2,1H3/t28-/m0/s1. The number of carbonyl (C=O) groups is 3. The first-order chi connectivity index (χ1) is 19.8. The van der Waals surface area contributed by atoms with E-state index in [-0.39, 0.29) is 18.9 Å². The van der Waals surface area contributed by atoms with Crippen LogP contribution in [0.15, 0.2) is 42.5 Å². The predicted molar refractivity (Wildman–Crippen MR) is 152 cm³/mol. The lowest BCUT2D eigenvalue weighted by Crippen LogP contribution is -2.34. The summed E-state index contributed by atoms with van der Waals surface area (Å²) < 4.78 is 5.76. The molecule has 2 aromatic rings. The van der Waals surface area contributed by atoms with Crippen molar-refractivity contribution in [3.8, 4) is 5.75 Å². The summed E-state index contributed by atoms with van der Waals surface area (Å²) in [7, 11) is 0. The van der Waals surface area contributed by atoms with Gasteiger partial charge in [-0.05, 0) is 68.0 Å². The van der Waals surface area contributed by atoms with Gasteiger partial charge in [-0.3, -0.25) is 9.59 Å². The molecule has 0 unspecified atom stereocenters. The first-order valence-corrected chi connectivity index (χ1v) is 14.1. The number of benzene rings is 2. The normalized spacial score (nSPS) is 14.1. The number of hydrogen-bond acceptors (Lipinski definition) is 9. The molecule has 0 saturated carbocycles. The van der Waals surface area contributed by atoms with E-state index in [4.69, 9.17) is 9.57 Å². The molecule has 0 aliphatic carbocycles. The number of carbonyl (C=O) groups excluding carboxylic acids is 3. The number of aliphatic hydroxyl groups is 2. The van der Waals surface area contributed by atoms with Crippen LogP contribution in [0.25, 0.3) is 0 Å². The molecule has 1 aliphatic heterocycles. The monoisotopic (exact) mass is 571 g/mol. The summed E-state index contributed by atoms with van der Waals surface area (Å²) in [4.78, 5) is 42.1. The van der Waals surface area contributed by atoms with Crippen LogP contribution in [0, 0.1) is 0 Å². The number of rotatable bonds is 18. The maximum absolute atomic E-state index is 12.6. The summed E-state index contributed by atoms with van der Waals surface area (Å²) >= 11 is 0. The second kappa shape index (κ2) is 16.7. The number of imide groups is 1. The van der Waals surface area contributed by atoms with E-state index >= 15 is 0 Å². The van der Waals surface area contributed by atoms with Crippen LogP contribution in [0.1, 0.15) is 68.2 Å². The summed E-state index contributed by atoms with van der Waals surface area (Å²) in [5.41, 5.74) is 2.44. The van der Waals surface area contributed by atoms with Gasteiger partial charge in [0.2, 0.25) is 0 Å². The van der Waals surface area contributed by atoms with Gasteiger partial charge in [-0.2, -0.15) is 0 Å². The molecule has 1 heterocycles. The smallest absolute Gasteiger partial charge is 0.365 e. The minimum atomic E-state index is -0.703. The van der Waals surface area contributed by atoms with Crippen molar-refractivity contribution in [2.45, 2.75) is 64.6 Å². The van der Waals surface area contributed by atoms with Crippen molar-refractivity contribution >= 4 is 23.6 Å². The Morgan fingerprint density at radius 3 is 2.49 bits per heavy atom. The van der Waals surface area contributed by atoms with E-state index in [9.17, 15) is 29.7 Å². The van der Waals surface area contributed by atoms with Gasteiger partial charge in [-0.25, -0.2) is 9.69 Å². The zero-order valence-corrected chi connectivity index (χ0v) is 23.6. The third kappa shape index (κ3) is 9.82. The fraction of sp³-hybridized carbons (Fsp3) is 0.500. The van der Waals surface area contributed by atoms with Crippen LogP contribution in [0.4, 0.5) is 10.5 Å². The molecule has 0 spiro atoms. The molecule has 11 heteroatoms. The summed E-state index contributed by atoms with van der Waals surface area (Å²) in [6, 6.07) is 11.3. The van der Waals surface area contributed by atoms with Gasteiger partial charge in [0.05, 0.1) is 18.4 Å². The Morgan fingerprint density at radius 1 is 1.00 bits per heavy atom. The molecular formula is C30H41N3O8. The number of hydroxylamine groups is 2. The van der Waals surface area contributed by atoms with E-state index in [2.05, 4.69) is 5.32 Å². The molecule has 224 valence electrons. The second-order valence-corrected chi connectivity index (χ2v) is 10.0. The van der Waals surface area contributed by atoms with Gasteiger partial charge in [-0.15, -0.1) is 5.06 Å². The number of para-hydroxylation sites is 1. The Balaban J connectivity index is 1.23. The van der Waals surface area contributed by atoms with E-state index in [0.29, 0.717) is 43.0 Å². The van der Waals surface area contributed by atoms with E-state index in [1.165, 1.54) is 13.0 Å². The van der Waals surface area contributed by atoms with E-state index < -0.39 is 24.0 Å². The second-order valence-electron chi connectivity index (χ2n) is 10.0. The van der Waals surface area contributed by atoms with Crippen molar-refractivity contribution in [3.63, 3.8) is 0 Å². The molecule has 3 rings (SSSR count). The van der Waals surface area contributed by atoms with Gasteiger partial charge in [0.25, 0.3) is 5.91 Å². The molecule has 2 aromatic carbocycles. The molecule has 1 fully saturated rings. The van der Waals surface area contributed by atoms with E-state index in [1.807, 2.05) is 12.1 Å². The summed E-state index contributed by atoms with van der Waals surface area (Å²) in [5, 5.41) is 33.2. The highest BCUT2D eigenvalue weighted by Crippen LogP contribution is 2.27. The summed E-state index contributed by atoms with van der Waals surface area (Å²) in [6.07, 6.45) is 5.74. The average molecular weight is 572 g/mol. The van der Waals surface area contributed by atoms with Crippen LogP contribution in [0.2, 0.25) is 0 Å². The van der Waals surface area contributed by atoms with E-state index in [1.54, 1.807) is 24.3 Å². The molecule has 4 N–H and O–H groups in total. The molecule has 11 nitrogen and oxygen atoms in total. The minimum Gasteiger partial charge on any atom is -0.508 e. The molecule has 1 atom stereocenters. The van der Waals surface area contributed by atoms with Crippen molar-refractivity contribution in [3.05, 3.63) is 59.2 Å². The molecule has 0 radical (unpaired) electrons. The SMILES string of the molecule is CC(=O)ON1CC(=O)N(c2ccccc2CCCCOCCCCCCNC[C@H](O)c2ccc(O)c(CO)c2)C1=O. The van der Waals surface area contributed by atoms with Gasteiger partial charge < -0.3 is 30.2 Å². The molecule has 1 saturated heterocycles. The number of nitrogens with zero attached hydrogens (tertiary/aromatic N) is 2. The Hall–Kier alpha value is -3.51. The zero-order chi connectivity index (χ0) is 29.6. The summed E-state index contributed by atoms with van der Waals surface area (Å²) in [5.74, 6) is -1.07. The quantitative estimate of drug-likeness (QED) is 0.156. The topological polar surface area (TPSA) is 149 Å². The lowest BCUT2D eigenvalue weighted by molar-refractivity contribution is -0.171. The number of aromatic hydroxyl groups is 1. The van der Waals surface area contributed by atoms with Crippen molar-refractivity contribution < 1.29 is 39.3 Å². The number of urea groups is 1. The van der Waals surface area contributed by atoms with Gasteiger partial charge in [0.15, 0.2) is 0 Å². The van der Waals surface area contributed by atoms with Crippen LogP contribution in [0.5, 0.6) is 5.75 Å². The molecule has 41 heavy (non-hydrogen) atoms. The lowest BCUT2D eigenvalue weighted by Gasteiger charge is -2.18. The van der Waals surface area contributed by atoms with Crippen LogP contribution in [-0.2, 0) is 32.2 Å². The van der Waals surface area contributed by atoms with E-state index in [0.717, 1.165) is 60.6 Å². The van der Waals surface area contributed by atoms with Crippen LogP contribution < -0.4 is 10.2 Å². The van der Waals surface area contributed by atoms with Crippen molar-refractivity contribution in [2.75, 3.05) is 37.7 Å². The first kappa shape index (κ1) is 32.0. The Labute approximate surface area is 240 Å². The number of amides is 3. The maximum atomic E-state index is 12.6. The number of aryl methyl sites for hydroxylation is 1. The third-order valence-corrected chi connectivity index (χ3v) is 6.78. The lowest BCUT2D eigenvalue weighted by atomic mass is 10.1. The Morgan fingerprint density at radius 2 is 1.73 bits per heavy atom. The largest absolute Gasteiger partial charge is 0.508 e. The minimum absolute atomic E-state index is 0.0213. The molecular weight excluding hydrogens is 530 g/mol. The fourth-order valence-electron chi connectivity index (χ4n) is 4.61.